The molecule has 0 saturated carbocycles. The predicted octanol–water partition coefficient (Wildman–Crippen LogP) is 3.83. The number of rotatable bonds is 11. The highest BCUT2D eigenvalue weighted by molar-refractivity contribution is 7.92. The van der Waals surface area contributed by atoms with Crippen molar-refractivity contribution in [3.8, 4) is 0 Å². The van der Waals surface area contributed by atoms with Crippen LogP contribution in [0.4, 0.5) is 5.69 Å². The minimum absolute atomic E-state index is 0.0581. The van der Waals surface area contributed by atoms with Crippen LogP contribution in [0, 0.1) is 0 Å². The molecular weight excluding hydrogens is 462 g/mol. The first-order valence-corrected chi connectivity index (χ1v) is 13.1. The summed E-state index contributed by atoms with van der Waals surface area (Å²) in [6.07, 6.45) is 1.55. The van der Waals surface area contributed by atoms with Crippen molar-refractivity contribution in [2.45, 2.75) is 52.2 Å². The van der Waals surface area contributed by atoms with E-state index in [1.807, 2.05) is 26.0 Å². The van der Waals surface area contributed by atoms with Gasteiger partial charge in [0, 0.05) is 30.6 Å². The number of nitrogens with one attached hydrogen (secondary N) is 1. The Balaban J connectivity index is 2.15. The fourth-order valence-electron chi connectivity index (χ4n) is 3.42. The van der Waals surface area contributed by atoms with Crippen LogP contribution < -0.4 is 9.62 Å². The van der Waals surface area contributed by atoms with E-state index in [2.05, 4.69) is 5.32 Å². The Morgan fingerprint density at radius 3 is 2.27 bits per heavy atom. The van der Waals surface area contributed by atoms with Gasteiger partial charge in [0.05, 0.1) is 11.9 Å². The minimum Gasteiger partial charge on any atom is -0.352 e. The summed E-state index contributed by atoms with van der Waals surface area (Å²) in [5.74, 6) is -0.481. The van der Waals surface area contributed by atoms with Crippen LogP contribution in [-0.2, 0) is 26.2 Å². The zero-order valence-electron chi connectivity index (χ0n) is 19.5. The zero-order valence-corrected chi connectivity index (χ0v) is 21.1. The number of carbonyl (C=O) groups is 2. The molecule has 0 aliphatic carbocycles. The number of hydrogen-bond donors (Lipinski definition) is 1. The average molecular weight is 494 g/mol. The highest BCUT2D eigenvalue weighted by atomic mass is 35.5. The van der Waals surface area contributed by atoms with Crippen molar-refractivity contribution < 1.29 is 18.0 Å². The maximum atomic E-state index is 13.2. The monoisotopic (exact) mass is 493 g/mol. The van der Waals surface area contributed by atoms with E-state index in [0.29, 0.717) is 17.1 Å². The van der Waals surface area contributed by atoms with E-state index in [0.717, 1.165) is 11.8 Å². The topological polar surface area (TPSA) is 86.8 Å². The lowest BCUT2D eigenvalue weighted by Gasteiger charge is -2.30. The van der Waals surface area contributed by atoms with Crippen LogP contribution in [0.1, 0.15) is 39.2 Å². The highest BCUT2D eigenvalue weighted by Crippen LogP contribution is 2.19. The van der Waals surface area contributed by atoms with E-state index in [-0.39, 0.29) is 37.4 Å². The summed E-state index contributed by atoms with van der Waals surface area (Å²) < 4.78 is 25.8. The van der Waals surface area contributed by atoms with Crippen molar-refractivity contribution in [3.63, 3.8) is 0 Å². The average Bonchev–Trinajstić information content (AvgIpc) is 2.73. The molecule has 0 unspecified atom stereocenters. The van der Waals surface area contributed by atoms with Gasteiger partial charge in [-0.3, -0.25) is 13.9 Å². The van der Waals surface area contributed by atoms with E-state index in [1.54, 1.807) is 49.4 Å². The van der Waals surface area contributed by atoms with Crippen molar-refractivity contribution in [1.29, 1.82) is 0 Å². The lowest BCUT2D eigenvalue weighted by atomic mass is 10.1. The molecule has 0 heterocycles. The van der Waals surface area contributed by atoms with Crippen LogP contribution in [0.25, 0.3) is 0 Å². The Morgan fingerprint density at radius 2 is 1.70 bits per heavy atom. The molecule has 1 atom stereocenters. The normalized spacial score (nSPS) is 12.3. The van der Waals surface area contributed by atoms with Crippen LogP contribution >= 0.6 is 11.6 Å². The van der Waals surface area contributed by atoms with E-state index in [4.69, 9.17) is 11.6 Å². The number of amides is 2. The number of carbonyl (C=O) groups excluding carboxylic acids is 2. The summed E-state index contributed by atoms with van der Waals surface area (Å²) in [6, 6.07) is 15.2. The van der Waals surface area contributed by atoms with Gasteiger partial charge < -0.3 is 10.2 Å². The number of hydrogen-bond acceptors (Lipinski definition) is 4. The maximum absolute atomic E-state index is 13.2. The van der Waals surface area contributed by atoms with E-state index < -0.39 is 16.1 Å². The van der Waals surface area contributed by atoms with Crippen LogP contribution in [0.2, 0.25) is 5.02 Å². The van der Waals surface area contributed by atoms with Gasteiger partial charge >= 0.3 is 0 Å². The quantitative estimate of drug-likeness (QED) is 0.515. The van der Waals surface area contributed by atoms with Gasteiger partial charge in [-0.15, -0.1) is 0 Å². The number of para-hydroxylation sites is 1. The van der Waals surface area contributed by atoms with E-state index >= 15 is 0 Å². The Morgan fingerprint density at radius 1 is 1.03 bits per heavy atom. The molecular formula is C24H32ClN3O4S. The smallest absolute Gasteiger partial charge is 0.242 e. The molecule has 2 aromatic rings. The molecule has 0 saturated heterocycles. The van der Waals surface area contributed by atoms with Gasteiger partial charge in [-0.25, -0.2) is 8.42 Å². The van der Waals surface area contributed by atoms with E-state index in [1.165, 1.54) is 9.21 Å². The number of anilines is 1. The Bertz CT molecular complexity index is 1040. The van der Waals surface area contributed by atoms with Crippen molar-refractivity contribution in [2.24, 2.45) is 0 Å². The molecule has 0 radical (unpaired) electrons. The molecule has 0 fully saturated rings. The minimum atomic E-state index is -3.50. The molecule has 2 amide bonds. The molecule has 0 spiro atoms. The molecule has 2 rings (SSSR count). The highest BCUT2D eigenvalue weighted by Gasteiger charge is 2.27. The molecule has 33 heavy (non-hydrogen) atoms. The SMILES string of the molecule is CC(C)NC(=O)[C@H](C)N(Cc1cccc(Cl)c1)C(=O)CCCN(c1ccccc1)S(C)(=O)=O. The van der Waals surface area contributed by atoms with Crippen LogP contribution in [-0.4, -0.2) is 50.0 Å². The Hall–Kier alpha value is -2.58. The third-order valence-electron chi connectivity index (χ3n) is 5.04. The number of sulfonamides is 1. The summed E-state index contributed by atoms with van der Waals surface area (Å²) >= 11 is 6.09. The molecule has 2 aromatic carbocycles. The summed E-state index contributed by atoms with van der Waals surface area (Å²) in [7, 11) is -3.50. The summed E-state index contributed by atoms with van der Waals surface area (Å²) in [5, 5.41) is 3.39. The molecule has 0 bridgehead atoms. The van der Waals surface area contributed by atoms with Crippen LogP contribution in [0.15, 0.2) is 54.6 Å². The Kier molecular flexibility index (Phi) is 9.73. The first kappa shape index (κ1) is 26.7. The lowest BCUT2D eigenvalue weighted by Crippen LogP contribution is -2.49. The predicted molar refractivity (Wildman–Crippen MR) is 133 cm³/mol. The number of halogens is 1. The van der Waals surface area contributed by atoms with E-state index in [9.17, 15) is 18.0 Å². The molecule has 7 nitrogen and oxygen atoms in total. The number of nitrogens with zero attached hydrogens (tertiary/aromatic N) is 2. The number of benzene rings is 2. The molecule has 180 valence electrons. The van der Waals surface area contributed by atoms with Gasteiger partial charge in [-0.1, -0.05) is 41.9 Å². The third kappa shape index (κ3) is 8.37. The van der Waals surface area contributed by atoms with Gasteiger partial charge in [0.15, 0.2) is 0 Å². The standard InChI is InChI=1S/C24H32ClN3O4S/c1-18(2)26-24(30)19(3)27(17-20-10-8-11-21(25)16-20)23(29)14-9-15-28(33(4,31)32)22-12-6-5-7-13-22/h5-8,10-13,16,18-19H,9,14-15,17H2,1-4H3,(H,26,30)/t19-/m0/s1. The fourth-order valence-corrected chi connectivity index (χ4v) is 4.60. The van der Waals surface area contributed by atoms with Crippen molar-refractivity contribution in [3.05, 3.63) is 65.2 Å². The summed E-state index contributed by atoms with van der Waals surface area (Å²) in [5.41, 5.74) is 1.36. The Labute approximate surface area is 201 Å². The molecule has 0 aliphatic rings. The molecule has 0 aromatic heterocycles. The zero-order chi connectivity index (χ0) is 24.6. The second kappa shape index (κ2) is 12.0. The summed E-state index contributed by atoms with van der Waals surface area (Å²) in [4.78, 5) is 27.3. The maximum Gasteiger partial charge on any atom is 0.242 e. The van der Waals surface area contributed by atoms with Gasteiger partial charge in [0.25, 0.3) is 0 Å². The van der Waals surface area contributed by atoms with Crippen molar-refractivity contribution in [2.75, 3.05) is 17.1 Å². The first-order valence-electron chi connectivity index (χ1n) is 10.9. The van der Waals surface area contributed by atoms with Crippen molar-refractivity contribution in [1.82, 2.24) is 10.2 Å². The largest absolute Gasteiger partial charge is 0.352 e. The fraction of sp³-hybridized carbons (Fsp3) is 0.417. The second-order valence-electron chi connectivity index (χ2n) is 8.27. The third-order valence-corrected chi connectivity index (χ3v) is 6.47. The second-order valence-corrected chi connectivity index (χ2v) is 10.6. The van der Waals surface area contributed by atoms with Crippen LogP contribution in [0.3, 0.4) is 0 Å². The molecule has 9 heteroatoms. The van der Waals surface area contributed by atoms with Gasteiger partial charge in [-0.2, -0.15) is 0 Å². The first-order chi connectivity index (χ1) is 15.5. The molecule has 0 aliphatic heterocycles. The van der Waals surface area contributed by atoms with Gasteiger partial charge in [-0.05, 0) is 57.0 Å². The summed E-state index contributed by atoms with van der Waals surface area (Å²) in [6.45, 7) is 5.79. The van der Waals surface area contributed by atoms with Crippen molar-refractivity contribution >= 4 is 39.1 Å². The van der Waals surface area contributed by atoms with Gasteiger partial charge in [0.2, 0.25) is 21.8 Å². The van der Waals surface area contributed by atoms with Crippen LogP contribution in [0.5, 0.6) is 0 Å². The molecule has 1 N–H and O–H groups in total. The lowest BCUT2D eigenvalue weighted by molar-refractivity contribution is -0.140. The van der Waals surface area contributed by atoms with Gasteiger partial charge in [0.1, 0.15) is 6.04 Å².